The number of hydrogen-bond acceptors (Lipinski definition) is 7. The first kappa shape index (κ1) is 19.0. The lowest BCUT2D eigenvalue weighted by Crippen LogP contribution is -2.40. The molecule has 148 valence electrons. The van der Waals surface area contributed by atoms with Gasteiger partial charge >= 0.3 is 0 Å². The van der Waals surface area contributed by atoms with Gasteiger partial charge in [0.25, 0.3) is 0 Å². The van der Waals surface area contributed by atoms with E-state index in [-0.39, 0.29) is 22.5 Å². The van der Waals surface area contributed by atoms with Gasteiger partial charge in [0.1, 0.15) is 34.8 Å². The number of aliphatic hydroxyl groups is 1. The molecule has 0 spiro atoms. The fourth-order valence-electron chi connectivity index (χ4n) is 3.87. The van der Waals surface area contributed by atoms with Crippen LogP contribution in [-0.4, -0.2) is 41.4 Å². The zero-order chi connectivity index (χ0) is 19.8. The second-order valence-corrected chi connectivity index (χ2v) is 8.36. The third-order valence-corrected chi connectivity index (χ3v) is 6.06. The molecule has 0 aliphatic carbocycles. The van der Waals surface area contributed by atoms with Gasteiger partial charge in [-0.15, -0.1) is 11.3 Å². The second-order valence-electron chi connectivity index (χ2n) is 7.33. The molecule has 0 saturated carbocycles. The Labute approximate surface area is 166 Å². The van der Waals surface area contributed by atoms with Crippen LogP contribution < -0.4 is 10.2 Å². The van der Waals surface area contributed by atoms with Gasteiger partial charge in [0.2, 0.25) is 0 Å². The lowest BCUT2D eigenvalue weighted by molar-refractivity contribution is 0.0627. The maximum absolute atomic E-state index is 12.5. The van der Waals surface area contributed by atoms with Crippen LogP contribution >= 0.6 is 11.3 Å². The quantitative estimate of drug-likeness (QED) is 0.698. The fraction of sp³-hybridized carbons (Fsp3) is 0.381. The van der Waals surface area contributed by atoms with Gasteiger partial charge in [0, 0.05) is 35.0 Å². The molecule has 3 heterocycles. The molecule has 1 aliphatic rings. The van der Waals surface area contributed by atoms with E-state index in [4.69, 9.17) is 9.15 Å². The summed E-state index contributed by atoms with van der Waals surface area (Å²) in [6, 6.07) is 6.76. The summed E-state index contributed by atoms with van der Waals surface area (Å²) in [6.45, 7) is 3.37. The predicted molar refractivity (Wildman–Crippen MR) is 108 cm³/mol. The maximum atomic E-state index is 12.5. The molecule has 1 fully saturated rings. The van der Waals surface area contributed by atoms with Crippen molar-refractivity contribution >= 4 is 22.3 Å². The summed E-state index contributed by atoms with van der Waals surface area (Å²) in [5.74, 6) is 0.482. The van der Waals surface area contributed by atoms with Gasteiger partial charge in [-0.1, -0.05) is 6.07 Å². The van der Waals surface area contributed by atoms with Gasteiger partial charge in [0.05, 0.1) is 6.10 Å². The van der Waals surface area contributed by atoms with Crippen molar-refractivity contribution in [1.29, 1.82) is 0 Å². The van der Waals surface area contributed by atoms with Crippen LogP contribution in [0.4, 0.5) is 0 Å². The number of phenolic OH excluding ortho intramolecular Hbond substituents is 1. The summed E-state index contributed by atoms with van der Waals surface area (Å²) in [4.78, 5) is 15.6. The molecule has 0 radical (unpaired) electrons. The van der Waals surface area contributed by atoms with E-state index in [2.05, 4.69) is 4.90 Å². The predicted octanol–water partition coefficient (Wildman–Crippen LogP) is 3.23. The highest BCUT2D eigenvalue weighted by molar-refractivity contribution is 7.09. The Balaban J connectivity index is 1.88. The van der Waals surface area contributed by atoms with Crippen molar-refractivity contribution in [3.8, 4) is 11.5 Å². The molecule has 2 aromatic heterocycles. The highest BCUT2D eigenvalue weighted by Crippen LogP contribution is 2.42. The summed E-state index contributed by atoms with van der Waals surface area (Å²) in [6.07, 6.45) is 0.0753. The van der Waals surface area contributed by atoms with E-state index in [1.54, 1.807) is 18.3 Å². The molecule has 0 amide bonds. The van der Waals surface area contributed by atoms with E-state index >= 15 is 0 Å². The van der Waals surface area contributed by atoms with E-state index in [1.807, 2.05) is 24.6 Å². The monoisotopic (exact) mass is 401 g/mol. The Hall–Kier alpha value is -2.35. The van der Waals surface area contributed by atoms with Crippen LogP contribution in [0.25, 0.3) is 11.0 Å². The number of likely N-dealkylation sites (N-methyl/N-ethyl adjacent to an activating group) is 1. The van der Waals surface area contributed by atoms with Gasteiger partial charge in [-0.2, -0.15) is 0 Å². The van der Waals surface area contributed by atoms with Crippen LogP contribution in [0.3, 0.4) is 0 Å². The average molecular weight is 401 g/mol. The Morgan fingerprint density at radius 3 is 2.93 bits per heavy atom. The average Bonchev–Trinajstić information content (AvgIpc) is 3.14. The number of ether oxygens (including phenoxy) is 1. The van der Waals surface area contributed by atoms with E-state index in [0.29, 0.717) is 42.2 Å². The number of thiophene rings is 1. The molecular weight excluding hydrogens is 378 g/mol. The summed E-state index contributed by atoms with van der Waals surface area (Å²) >= 11 is 1.58. The molecule has 4 rings (SSSR count). The number of aliphatic hydroxyl groups excluding tert-OH is 1. The molecule has 1 aliphatic heterocycles. The fourth-order valence-corrected chi connectivity index (χ4v) is 4.48. The van der Waals surface area contributed by atoms with Gasteiger partial charge in [-0.05, 0) is 38.4 Å². The minimum absolute atomic E-state index is 0.134. The number of hydrogen-bond donors (Lipinski definition) is 2. The standard InChI is InChI=1S/C21H23NO5S/c1-12-8-15(23)20-16(24)9-18(26-11-13-4-3-7-28-13)19(21(20)27-12)14-5-6-22(2)10-17(14)25/h3-4,7-9,14,17,24-25H,5-6,10-11H2,1-2H3. The first-order chi connectivity index (χ1) is 13.4. The SMILES string of the molecule is Cc1cc(=O)c2c(O)cc(OCc3cccs3)c(C3CCN(C)CC3O)c2o1. The minimum atomic E-state index is -0.624. The molecule has 2 unspecified atom stereocenters. The van der Waals surface area contributed by atoms with Crippen LogP contribution in [0, 0.1) is 6.92 Å². The molecule has 1 saturated heterocycles. The van der Waals surface area contributed by atoms with Crippen molar-refractivity contribution in [2.45, 2.75) is 32.0 Å². The minimum Gasteiger partial charge on any atom is -0.507 e. The van der Waals surface area contributed by atoms with E-state index < -0.39 is 6.10 Å². The van der Waals surface area contributed by atoms with Crippen molar-refractivity contribution in [3.63, 3.8) is 0 Å². The number of aryl methyl sites for hydroxylation is 1. The van der Waals surface area contributed by atoms with Crippen molar-refractivity contribution in [2.75, 3.05) is 20.1 Å². The normalized spacial score (nSPS) is 20.5. The second kappa shape index (κ2) is 7.58. The Morgan fingerprint density at radius 1 is 1.39 bits per heavy atom. The molecule has 1 aromatic carbocycles. The van der Waals surface area contributed by atoms with Crippen molar-refractivity contribution in [2.24, 2.45) is 0 Å². The number of aromatic hydroxyl groups is 1. The summed E-state index contributed by atoms with van der Waals surface area (Å²) in [7, 11) is 1.97. The van der Waals surface area contributed by atoms with Gasteiger partial charge in [0.15, 0.2) is 5.43 Å². The molecular formula is C21H23NO5S. The zero-order valence-corrected chi connectivity index (χ0v) is 16.7. The number of β-amino-alcohol motifs (C(OH)–C–C–N with tert-alkyl or cyclic N) is 1. The number of phenols is 1. The van der Waals surface area contributed by atoms with Crippen LogP contribution in [0.5, 0.6) is 11.5 Å². The number of fused-ring (bicyclic) bond motifs is 1. The van der Waals surface area contributed by atoms with Crippen molar-refractivity contribution in [1.82, 2.24) is 4.90 Å². The van der Waals surface area contributed by atoms with E-state index in [1.165, 1.54) is 12.1 Å². The third kappa shape index (κ3) is 3.53. The van der Waals surface area contributed by atoms with E-state index in [0.717, 1.165) is 11.4 Å². The van der Waals surface area contributed by atoms with Gasteiger partial charge in [-0.3, -0.25) is 4.79 Å². The van der Waals surface area contributed by atoms with Crippen LogP contribution in [0.1, 0.15) is 28.5 Å². The number of benzene rings is 1. The number of rotatable bonds is 4. The van der Waals surface area contributed by atoms with Gasteiger partial charge < -0.3 is 24.3 Å². The Kier molecular flexibility index (Phi) is 5.14. The Morgan fingerprint density at radius 2 is 2.21 bits per heavy atom. The molecule has 6 nitrogen and oxygen atoms in total. The first-order valence-corrected chi connectivity index (χ1v) is 10.1. The topological polar surface area (TPSA) is 83.1 Å². The van der Waals surface area contributed by atoms with Gasteiger partial charge in [-0.25, -0.2) is 0 Å². The lowest BCUT2D eigenvalue weighted by Gasteiger charge is -2.34. The summed E-state index contributed by atoms with van der Waals surface area (Å²) in [5, 5.41) is 23.4. The largest absolute Gasteiger partial charge is 0.507 e. The number of piperidine rings is 1. The molecule has 3 aromatic rings. The Bertz CT molecular complexity index is 1040. The summed E-state index contributed by atoms with van der Waals surface area (Å²) < 4.78 is 11.9. The highest BCUT2D eigenvalue weighted by atomic mass is 32.1. The molecule has 0 bridgehead atoms. The van der Waals surface area contributed by atoms with Crippen molar-refractivity contribution in [3.05, 3.63) is 56.1 Å². The molecule has 7 heteroatoms. The molecule has 28 heavy (non-hydrogen) atoms. The highest BCUT2D eigenvalue weighted by Gasteiger charge is 2.33. The molecule has 2 N–H and O–H groups in total. The third-order valence-electron chi connectivity index (χ3n) is 5.21. The zero-order valence-electron chi connectivity index (χ0n) is 15.8. The number of likely N-dealkylation sites (tertiary alicyclic amines) is 1. The van der Waals surface area contributed by atoms with E-state index in [9.17, 15) is 15.0 Å². The smallest absolute Gasteiger partial charge is 0.196 e. The van der Waals surface area contributed by atoms with Crippen LogP contribution in [0.15, 0.2) is 38.9 Å². The number of nitrogens with zero attached hydrogens (tertiary/aromatic N) is 1. The summed E-state index contributed by atoms with van der Waals surface area (Å²) in [5.41, 5.74) is 0.662. The van der Waals surface area contributed by atoms with Crippen molar-refractivity contribution < 1.29 is 19.4 Å². The first-order valence-electron chi connectivity index (χ1n) is 9.26. The maximum Gasteiger partial charge on any atom is 0.196 e. The molecule has 2 atom stereocenters. The van der Waals surface area contributed by atoms with Crippen LogP contribution in [0.2, 0.25) is 0 Å². The van der Waals surface area contributed by atoms with Crippen LogP contribution in [-0.2, 0) is 6.61 Å². The lowest BCUT2D eigenvalue weighted by atomic mass is 9.85.